The Bertz CT molecular complexity index is 1190. The highest BCUT2D eigenvalue weighted by molar-refractivity contribution is 9.10. The third-order valence-corrected chi connectivity index (χ3v) is 6.17. The number of ketones is 1. The third-order valence-electron chi connectivity index (χ3n) is 5.68. The number of carbonyl (C=O) groups excluding carboxylic acids is 2. The molecule has 2 aromatic carbocycles. The summed E-state index contributed by atoms with van der Waals surface area (Å²) in [5, 5.41) is 11.2. The Labute approximate surface area is 206 Å². The molecule has 1 fully saturated rings. The van der Waals surface area contributed by atoms with Gasteiger partial charge in [-0.25, -0.2) is 4.98 Å². The van der Waals surface area contributed by atoms with Gasteiger partial charge in [-0.1, -0.05) is 35.0 Å². The molecule has 176 valence electrons. The van der Waals surface area contributed by atoms with Crippen LogP contribution in [0.2, 0.25) is 0 Å². The van der Waals surface area contributed by atoms with Gasteiger partial charge in [0.15, 0.2) is 0 Å². The van der Waals surface area contributed by atoms with Crippen LogP contribution < -0.4 is 4.74 Å². The number of hydrogen-bond acceptors (Lipinski definition) is 5. The Kier molecular flexibility index (Phi) is 7.47. The molecule has 1 saturated heterocycles. The lowest BCUT2D eigenvalue weighted by molar-refractivity contribution is -0.139. The third kappa shape index (κ3) is 5.07. The van der Waals surface area contributed by atoms with Crippen LogP contribution in [0.15, 0.2) is 77.3 Å². The molecule has 1 unspecified atom stereocenters. The highest BCUT2D eigenvalue weighted by Gasteiger charge is 2.45. The largest absolute Gasteiger partial charge is 0.507 e. The molecule has 4 rings (SSSR count). The second kappa shape index (κ2) is 10.7. The summed E-state index contributed by atoms with van der Waals surface area (Å²) >= 11 is 3.48. The van der Waals surface area contributed by atoms with Gasteiger partial charge in [-0.15, -0.1) is 0 Å². The SMILES string of the molecule is CCCOc1ccc(/C(O)=C2/C(=O)C(=O)N(CCCn3ccnc3)C2c2cccc(Br)c2)cc1. The van der Waals surface area contributed by atoms with E-state index in [4.69, 9.17) is 4.74 Å². The van der Waals surface area contributed by atoms with E-state index in [-0.39, 0.29) is 11.3 Å². The van der Waals surface area contributed by atoms with Crippen molar-refractivity contribution < 1.29 is 19.4 Å². The van der Waals surface area contributed by atoms with Gasteiger partial charge in [-0.05, 0) is 54.8 Å². The number of rotatable bonds is 9. The van der Waals surface area contributed by atoms with Crippen molar-refractivity contribution >= 4 is 33.4 Å². The molecule has 3 aromatic rings. The minimum Gasteiger partial charge on any atom is -0.507 e. The Balaban J connectivity index is 1.68. The van der Waals surface area contributed by atoms with E-state index in [0.29, 0.717) is 37.4 Å². The molecule has 2 heterocycles. The Morgan fingerprint density at radius 3 is 2.62 bits per heavy atom. The van der Waals surface area contributed by atoms with E-state index in [2.05, 4.69) is 20.9 Å². The van der Waals surface area contributed by atoms with Crippen molar-refractivity contribution in [3.63, 3.8) is 0 Å². The molecule has 1 atom stereocenters. The van der Waals surface area contributed by atoms with Gasteiger partial charge in [0, 0.05) is 35.5 Å². The van der Waals surface area contributed by atoms with Gasteiger partial charge in [0.25, 0.3) is 11.7 Å². The lowest BCUT2D eigenvalue weighted by Crippen LogP contribution is -2.31. The maximum atomic E-state index is 13.1. The van der Waals surface area contributed by atoms with E-state index in [1.807, 2.05) is 42.0 Å². The molecule has 1 aromatic heterocycles. The van der Waals surface area contributed by atoms with Crippen molar-refractivity contribution in [2.24, 2.45) is 0 Å². The van der Waals surface area contributed by atoms with Crippen molar-refractivity contribution in [1.82, 2.24) is 14.5 Å². The first-order valence-corrected chi connectivity index (χ1v) is 12.0. The molecule has 0 radical (unpaired) electrons. The Hall–Kier alpha value is -3.39. The van der Waals surface area contributed by atoms with Crippen LogP contribution in [0, 0.1) is 0 Å². The summed E-state index contributed by atoms with van der Waals surface area (Å²) in [5.41, 5.74) is 1.30. The molecule has 1 aliphatic heterocycles. The molecular weight excluding hydrogens is 498 g/mol. The molecular formula is C26H26BrN3O4. The first-order chi connectivity index (χ1) is 16.5. The van der Waals surface area contributed by atoms with Crippen LogP contribution in [-0.4, -0.2) is 44.4 Å². The number of aliphatic hydroxyl groups is 1. The quantitative estimate of drug-likeness (QED) is 0.243. The number of amides is 1. The molecule has 8 heteroatoms. The van der Waals surface area contributed by atoms with E-state index >= 15 is 0 Å². The molecule has 1 N–H and O–H groups in total. The molecule has 0 spiro atoms. The Morgan fingerprint density at radius 1 is 1.15 bits per heavy atom. The minimum atomic E-state index is -0.684. The number of Topliss-reactive ketones (excluding diaryl/α,β-unsaturated/α-hetero) is 1. The zero-order chi connectivity index (χ0) is 24.1. The van der Waals surface area contributed by atoms with E-state index in [1.54, 1.807) is 41.7 Å². The fourth-order valence-corrected chi connectivity index (χ4v) is 4.48. The molecule has 0 bridgehead atoms. The number of nitrogens with zero attached hydrogens (tertiary/aromatic N) is 3. The van der Waals surface area contributed by atoms with Gasteiger partial charge in [-0.2, -0.15) is 0 Å². The molecule has 0 aliphatic carbocycles. The summed E-state index contributed by atoms with van der Waals surface area (Å²) in [7, 11) is 0. The molecule has 0 saturated carbocycles. The second-order valence-corrected chi connectivity index (χ2v) is 8.99. The summed E-state index contributed by atoms with van der Waals surface area (Å²) in [6.07, 6.45) is 6.80. The standard InChI is InChI=1S/C26H26BrN3O4/c1-2-15-34-21-9-7-18(8-10-21)24(31)22-23(19-5-3-6-20(27)16-19)30(26(33)25(22)32)13-4-12-29-14-11-28-17-29/h3,5-11,14,16-17,23,31H,2,4,12-13,15H2,1H3/b24-22-. The minimum absolute atomic E-state index is 0.0907. The fraction of sp³-hybridized carbons (Fsp3) is 0.269. The maximum Gasteiger partial charge on any atom is 0.295 e. The van der Waals surface area contributed by atoms with Gasteiger partial charge >= 0.3 is 0 Å². The fourth-order valence-electron chi connectivity index (χ4n) is 4.06. The molecule has 34 heavy (non-hydrogen) atoms. The van der Waals surface area contributed by atoms with Gasteiger partial charge in [0.2, 0.25) is 0 Å². The van der Waals surface area contributed by atoms with Gasteiger partial charge in [-0.3, -0.25) is 9.59 Å². The smallest absolute Gasteiger partial charge is 0.295 e. The number of hydrogen-bond donors (Lipinski definition) is 1. The van der Waals surface area contributed by atoms with Crippen LogP contribution in [0.4, 0.5) is 0 Å². The summed E-state index contributed by atoms with van der Waals surface area (Å²) < 4.78 is 8.36. The Morgan fingerprint density at radius 2 is 1.94 bits per heavy atom. The van der Waals surface area contributed by atoms with E-state index in [1.165, 1.54) is 0 Å². The predicted octanol–water partition coefficient (Wildman–Crippen LogP) is 4.95. The molecule has 1 aliphatic rings. The van der Waals surface area contributed by atoms with Crippen LogP contribution in [0.1, 0.15) is 36.9 Å². The maximum absolute atomic E-state index is 13.1. The van der Waals surface area contributed by atoms with Crippen LogP contribution in [0.3, 0.4) is 0 Å². The second-order valence-electron chi connectivity index (χ2n) is 8.07. The van der Waals surface area contributed by atoms with E-state index in [9.17, 15) is 14.7 Å². The highest BCUT2D eigenvalue weighted by atomic mass is 79.9. The van der Waals surface area contributed by atoms with Crippen molar-refractivity contribution in [3.05, 3.63) is 88.4 Å². The number of imidazole rings is 1. The van der Waals surface area contributed by atoms with Crippen molar-refractivity contribution in [2.45, 2.75) is 32.4 Å². The zero-order valence-corrected chi connectivity index (χ0v) is 20.4. The van der Waals surface area contributed by atoms with E-state index in [0.717, 1.165) is 16.5 Å². The number of ether oxygens (including phenoxy) is 1. The van der Waals surface area contributed by atoms with E-state index < -0.39 is 17.7 Å². The van der Waals surface area contributed by atoms with Crippen LogP contribution in [0.25, 0.3) is 5.76 Å². The average Bonchev–Trinajstić information content (AvgIpc) is 3.45. The average molecular weight is 524 g/mol. The number of benzene rings is 2. The van der Waals surface area contributed by atoms with Gasteiger partial charge in [0.1, 0.15) is 11.5 Å². The van der Waals surface area contributed by atoms with Crippen LogP contribution in [0.5, 0.6) is 5.75 Å². The number of carbonyl (C=O) groups is 2. The lowest BCUT2D eigenvalue weighted by atomic mass is 9.95. The first-order valence-electron chi connectivity index (χ1n) is 11.2. The number of aromatic nitrogens is 2. The van der Waals surface area contributed by atoms with Crippen LogP contribution in [-0.2, 0) is 16.1 Å². The topological polar surface area (TPSA) is 84.7 Å². The predicted molar refractivity (Wildman–Crippen MR) is 132 cm³/mol. The summed E-state index contributed by atoms with van der Waals surface area (Å²) in [4.78, 5) is 31.8. The monoisotopic (exact) mass is 523 g/mol. The number of halogens is 1. The molecule has 1 amide bonds. The first kappa shape index (κ1) is 23.8. The lowest BCUT2D eigenvalue weighted by Gasteiger charge is -2.25. The van der Waals surface area contributed by atoms with Crippen molar-refractivity contribution in [2.75, 3.05) is 13.2 Å². The van der Waals surface area contributed by atoms with Gasteiger partial charge < -0.3 is 19.3 Å². The summed E-state index contributed by atoms with van der Waals surface area (Å²) in [6, 6.07) is 13.7. The molecule has 7 nitrogen and oxygen atoms in total. The zero-order valence-electron chi connectivity index (χ0n) is 18.9. The van der Waals surface area contributed by atoms with Crippen molar-refractivity contribution in [1.29, 1.82) is 0 Å². The summed E-state index contributed by atoms with van der Waals surface area (Å²) in [6.45, 7) is 3.64. The number of likely N-dealkylation sites (tertiary alicyclic amines) is 1. The van der Waals surface area contributed by atoms with Crippen molar-refractivity contribution in [3.8, 4) is 5.75 Å². The summed E-state index contributed by atoms with van der Waals surface area (Å²) in [5.74, 6) is -0.805. The number of aliphatic hydroxyl groups excluding tert-OH is 1. The highest BCUT2D eigenvalue weighted by Crippen LogP contribution is 2.40. The normalized spacial score (nSPS) is 17.4. The number of aryl methyl sites for hydroxylation is 1. The van der Waals surface area contributed by atoms with Crippen LogP contribution >= 0.6 is 15.9 Å². The van der Waals surface area contributed by atoms with Gasteiger partial charge in [0.05, 0.1) is 24.5 Å².